The lowest BCUT2D eigenvalue weighted by Gasteiger charge is -2.08. The Balaban J connectivity index is 1.59. The number of fused-ring (bicyclic) bond motifs is 1. The molecule has 0 bridgehead atoms. The van der Waals surface area contributed by atoms with Crippen molar-refractivity contribution in [3.05, 3.63) is 53.5 Å². The van der Waals surface area contributed by atoms with Gasteiger partial charge in [0, 0.05) is 13.2 Å². The van der Waals surface area contributed by atoms with Crippen LogP contribution in [-0.4, -0.2) is 33.7 Å². The monoisotopic (exact) mass is 335 g/mol. The number of benzene rings is 1. The van der Waals surface area contributed by atoms with Crippen molar-refractivity contribution in [2.75, 3.05) is 18.5 Å². The van der Waals surface area contributed by atoms with Crippen molar-refractivity contribution < 1.29 is 9.53 Å². The highest BCUT2D eigenvalue weighted by Crippen LogP contribution is 2.17. The molecule has 25 heavy (non-hydrogen) atoms. The van der Waals surface area contributed by atoms with E-state index in [-0.39, 0.29) is 6.61 Å². The number of nitrogens with zero attached hydrogens (tertiary/aromatic N) is 4. The van der Waals surface area contributed by atoms with Crippen molar-refractivity contribution in [3.8, 4) is 6.07 Å². The maximum absolute atomic E-state index is 12.2. The van der Waals surface area contributed by atoms with Gasteiger partial charge < -0.3 is 14.6 Å². The number of hydrogen-bond acceptors (Lipinski definition) is 6. The van der Waals surface area contributed by atoms with E-state index in [1.807, 2.05) is 24.6 Å². The molecule has 0 aliphatic rings. The van der Waals surface area contributed by atoms with Gasteiger partial charge >= 0.3 is 5.97 Å². The van der Waals surface area contributed by atoms with Gasteiger partial charge in [-0.3, -0.25) is 0 Å². The fourth-order valence-electron chi connectivity index (χ4n) is 2.48. The highest BCUT2D eigenvalue weighted by molar-refractivity contribution is 5.93. The minimum absolute atomic E-state index is 0.166. The van der Waals surface area contributed by atoms with E-state index in [2.05, 4.69) is 21.4 Å². The molecule has 1 aromatic carbocycles. The third-order valence-electron chi connectivity index (χ3n) is 3.90. The number of aryl methyl sites for hydroxylation is 2. The lowest BCUT2D eigenvalue weighted by Crippen LogP contribution is -2.15. The zero-order valence-electron chi connectivity index (χ0n) is 14.0. The van der Waals surface area contributed by atoms with Crippen LogP contribution in [0.2, 0.25) is 0 Å². The van der Waals surface area contributed by atoms with Crippen molar-refractivity contribution in [3.63, 3.8) is 0 Å². The molecule has 0 unspecified atom stereocenters. The van der Waals surface area contributed by atoms with E-state index in [0.717, 1.165) is 16.9 Å². The largest absolute Gasteiger partial charge is 0.460 e. The molecule has 0 saturated heterocycles. The summed E-state index contributed by atoms with van der Waals surface area (Å²) in [6.45, 7) is 2.44. The zero-order chi connectivity index (χ0) is 17.8. The Bertz CT molecular complexity index is 971. The SMILES string of the molecule is Cc1nc2cc(C(=O)OCCNc3ncccc3C#N)ccc2n1C. The van der Waals surface area contributed by atoms with Gasteiger partial charge in [0.2, 0.25) is 0 Å². The third-order valence-corrected chi connectivity index (χ3v) is 3.90. The molecule has 3 rings (SSSR count). The summed E-state index contributed by atoms with van der Waals surface area (Å²) in [5.74, 6) is 0.952. The molecule has 126 valence electrons. The molecule has 0 atom stereocenters. The van der Waals surface area contributed by atoms with Gasteiger partial charge in [-0.15, -0.1) is 0 Å². The van der Waals surface area contributed by atoms with E-state index < -0.39 is 5.97 Å². The average Bonchev–Trinajstić information content (AvgIpc) is 2.92. The fraction of sp³-hybridized carbons (Fsp3) is 0.222. The fourth-order valence-corrected chi connectivity index (χ4v) is 2.48. The van der Waals surface area contributed by atoms with E-state index in [0.29, 0.717) is 23.5 Å². The first-order valence-electron chi connectivity index (χ1n) is 7.79. The van der Waals surface area contributed by atoms with E-state index >= 15 is 0 Å². The predicted molar refractivity (Wildman–Crippen MR) is 93.2 cm³/mol. The Labute approximate surface area is 144 Å². The van der Waals surface area contributed by atoms with Gasteiger partial charge in [-0.1, -0.05) is 0 Å². The minimum Gasteiger partial charge on any atom is -0.460 e. The standard InChI is InChI=1S/C18H17N5O2/c1-12-22-15-10-13(5-6-16(15)23(12)2)18(24)25-9-8-21-17-14(11-19)4-3-7-20-17/h3-7,10H,8-9H2,1-2H3,(H,20,21). The molecule has 7 heteroatoms. The van der Waals surface area contributed by atoms with Crippen molar-refractivity contribution in [1.29, 1.82) is 5.26 Å². The van der Waals surface area contributed by atoms with Crippen molar-refractivity contribution in [2.45, 2.75) is 6.92 Å². The summed E-state index contributed by atoms with van der Waals surface area (Å²) in [4.78, 5) is 20.7. The van der Waals surface area contributed by atoms with Crippen LogP contribution in [0.3, 0.4) is 0 Å². The quantitative estimate of drug-likeness (QED) is 0.568. The van der Waals surface area contributed by atoms with Crippen LogP contribution in [0.25, 0.3) is 11.0 Å². The van der Waals surface area contributed by atoms with Crippen LogP contribution in [0.5, 0.6) is 0 Å². The Morgan fingerprint density at radius 2 is 2.24 bits per heavy atom. The summed E-state index contributed by atoms with van der Waals surface area (Å²) in [6, 6.07) is 10.7. The first-order valence-corrected chi connectivity index (χ1v) is 7.79. The first kappa shape index (κ1) is 16.5. The van der Waals surface area contributed by atoms with E-state index in [4.69, 9.17) is 10.00 Å². The second kappa shape index (κ2) is 7.01. The number of rotatable bonds is 5. The molecule has 0 aliphatic carbocycles. The van der Waals surface area contributed by atoms with Crippen LogP contribution >= 0.6 is 0 Å². The summed E-state index contributed by atoms with van der Waals surface area (Å²) in [5.41, 5.74) is 2.64. The third kappa shape index (κ3) is 3.43. The van der Waals surface area contributed by atoms with E-state index in [1.165, 1.54) is 0 Å². The van der Waals surface area contributed by atoms with E-state index in [1.54, 1.807) is 30.5 Å². The van der Waals surface area contributed by atoms with Gasteiger partial charge in [-0.2, -0.15) is 5.26 Å². The van der Waals surface area contributed by atoms with Crippen LogP contribution in [0, 0.1) is 18.3 Å². The van der Waals surface area contributed by atoms with Gasteiger partial charge in [0.1, 0.15) is 24.3 Å². The normalized spacial score (nSPS) is 10.4. The molecule has 0 radical (unpaired) electrons. The number of hydrogen-bond donors (Lipinski definition) is 1. The van der Waals surface area contributed by atoms with Crippen LogP contribution in [-0.2, 0) is 11.8 Å². The highest BCUT2D eigenvalue weighted by Gasteiger charge is 2.11. The van der Waals surface area contributed by atoms with Crippen LogP contribution in [0.1, 0.15) is 21.7 Å². The second-order valence-corrected chi connectivity index (χ2v) is 5.50. The van der Waals surface area contributed by atoms with Crippen LogP contribution < -0.4 is 5.32 Å². The summed E-state index contributed by atoms with van der Waals surface area (Å²) < 4.78 is 7.23. The molecule has 2 heterocycles. The smallest absolute Gasteiger partial charge is 0.338 e. The lowest BCUT2D eigenvalue weighted by atomic mass is 10.2. The van der Waals surface area contributed by atoms with Crippen molar-refractivity contribution in [1.82, 2.24) is 14.5 Å². The Morgan fingerprint density at radius 3 is 3.04 bits per heavy atom. The Hall–Kier alpha value is -3.40. The molecule has 0 fully saturated rings. The number of esters is 1. The average molecular weight is 335 g/mol. The zero-order valence-corrected chi connectivity index (χ0v) is 14.0. The molecular formula is C18H17N5O2. The van der Waals surface area contributed by atoms with Gasteiger partial charge in [0.05, 0.1) is 28.7 Å². The molecule has 2 aromatic heterocycles. The number of anilines is 1. The molecular weight excluding hydrogens is 318 g/mol. The molecule has 7 nitrogen and oxygen atoms in total. The number of pyridine rings is 1. The van der Waals surface area contributed by atoms with Crippen molar-refractivity contribution in [2.24, 2.45) is 7.05 Å². The number of nitriles is 1. The summed E-state index contributed by atoms with van der Waals surface area (Å²) in [7, 11) is 1.93. The Kier molecular flexibility index (Phi) is 4.61. The minimum atomic E-state index is -0.409. The number of imidazole rings is 1. The summed E-state index contributed by atoms with van der Waals surface area (Å²) >= 11 is 0. The first-order chi connectivity index (χ1) is 12.1. The van der Waals surface area contributed by atoms with E-state index in [9.17, 15) is 4.79 Å². The Morgan fingerprint density at radius 1 is 1.40 bits per heavy atom. The lowest BCUT2D eigenvalue weighted by molar-refractivity contribution is 0.0521. The molecule has 0 saturated carbocycles. The number of nitrogens with one attached hydrogen (secondary N) is 1. The molecule has 3 aromatic rings. The van der Waals surface area contributed by atoms with Gasteiger partial charge in [0.25, 0.3) is 0 Å². The molecule has 0 aliphatic heterocycles. The van der Waals surface area contributed by atoms with Gasteiger partial charge in [-0.25, -0.2) is 14.8 Å². The maximum Gasteiger partial charge on any atom is 0.338 e. The van der Waals surface area contributed by atoms with Gasteiger partial charge in [0.15, 0.2) is 0 Å². The second-order valence-electron chi connectivity index (χ2n) is 5.50. The van der Waals surface area contributed by atoms with Crippen molar-refractivity contribution >= 4 is 22.8 Å². The molecule has 0 amide bonds. The van der Waals surface area contributed by atoms with Crippen LogP contribution in [0.15, 0.2) is 36.5 Å². The highest BCUT2D eigenvalue weighted by atomic mass is 16.5. The predicted octanol–water partition coefficient (Wildman–Crippen LogP) is 2.42. The van der Waals surface area contributed by atoms with Crippen LogP contribution in [0.4, 0.5) is 5.82 Å². The molecule has 0 spiro atoms. The number of aromatic nitrogens is 3. The van der Waals surface area contributed by atoms with Gasteiger partial charge in [-0.05, 0) is 37.3 Å². The number of carbonyl (C=O) groups is 1. The number of ether oxygens (including phenoxy) is 1. The number of carbonyl (C=O) groups excluding carboxylic acids is 1. The maximum atomic E-state index is 12.2. The summed E-state index contributed by atoms with van der Waals surface area (Å²) in [6.07, 6.45) is 1.60. The molecule has 1 N–H and O–H groups in total. The summed E-state index contributed by atoms with van der Waals surface area (Å²) in [5, 5.41) is 12.0. The topological polar surface area (TPSA) is 92.8 Å².